The number of amides is 1. The van der Waals surface area contributed by atoms with Crippen molar-refractivity contribution in [2.24, 2.45) is 7.05 Å². The topological polar surface area (TPSA) is 46.9 Å². The Morgan fingerprint density at radius 1 is 1.50 bits per heavy atom. The summed E-state index contributed by atoms with van der Waals surface area (Å²) in [4.78, 5) is 12.2. The minimum absolute atomic E-state index is 0.103. The number of carbonyl (C=O) groups is 1. The van der Waals surface area contributed by atoms with Crippen LogP contribution in [0.3, 0.4) is 0 Å². The van der Waals surface area contributed by atoms with E-state index in [2.05, 4.69) is 33.0 Å². The molecule has 0 bridgehead atoms. The number of aromatic nitrogens is 2. The van der Waals surface area contributed by atoms with E-state index in [9.17, 15) is 4.79 Å². The lowest BCUT2D eigenvalue weighted by Gasteiger charge is -2.14. The first kappa shape index (κ1) is 15.3. The Morgan fingerprint density at radius 2 is 2.20 bits per heavy atom. The zero-order valence-electron chi connectivity index (χ0n) is 11.4. The lowest BCUT2D eigenvalue weighted by Crippen LogP contribution is -2.27. The van der Waals surface area contributed by atoms with Crippen LogP contribution in [0.25, 0.3) is 0 Å². The van der Waals surface area contributed by atoms with Crippen LogP contribution < -0.4 is 5.32 Å². The molecule has 1 N–H and O–H groups in total. The van der Waals surface area contributed by atoms with Crippen molar-refractivity contribution in [3.05, 3.63) is 49.8 Å². The van der Waals surface area contributed by atoms with Gasteiger partial charge >= 0.3 is 0 Å². The zero-order valence-corrected chi connectivity index (χ0v) is 14.4. The van der Waals surface area contributed by atoms with Crippen LogP contribution >= 0.6 is 34.2 Å². The maximum Gasteiger partial charge on any atom is 0.251 e. The fraction of sp³-hybridized carbons (Fsp3) is 0.286. The highest BCUT2D eigenvalue weighted by molar-refractivity contribution is 14.1. The van der Waals surface area contributed by atoms with Gasteiger partial charge in [-0.25, -0.2) is 0 Å². The number of halogens is 2. The number of benzene rings is 1. The Bertz CT molecular complexity index is 654. The van der Waals surface area contributed by atoms with Crippen molar-refractivity contribution in [2.75, 3.05) is 0 Å². The van der Waals surface area contributed by atoms with Crippen LogP contribution in [-0.4, -0.2) is 15.7 Å². The number of aryl methyl sites for hydroxylation is 1. The second-order valence-electron chi connectivity index (χ2n) is 4.63. The molecular formula is C14H15ClIN3O. The summed E-state index contributed by atoms with van der Waals surface area (Å²) in [5, 5.41) is 7.73. The predicted molar refractivity (Wildman–Crippen MR) is 88.0 cm³/mol. The van der Waals surface area contributed by atoms with Gasteiger partial charge in [0.25, 0.3) is 5.91 Å². The average Bonchev–Trinajstić information content (AvgIpc) is 2.73. The van der Waals surface area contributed by atoms with Gasteiger partial charge in [0.2, 0.25) is 0 Å². The van der Waals surface area contributed by atoms with Gasteiger partial charge in [0.15, 0.2) is 0 Å². The van der Waals surface area contributed by atoms with Gasteiger partial charge in [-0.05, 0) is 54.6 Å². The molecule has 1 aromatic carbocycles. The van der Waals surface area contributed by atoms with Crippen LogP contribution in [0.2, 0.25) is 5.02 Å². The van der Waals surface area contributed by atoms with Crippen molar-refractivity contribution in [3.8, 4) is 0 Å². The minimum atomic E-state index is -0.140. The van der Waals surface area contributed by atoms with Crippen molar-refractivity contribution in [1.29, 1.82) is 0 Å². The number of carbonyl (C=O) groups excluding carboxylic acids is 1. The molecule has 0 aliphatic carbocycles. The van der Waals surface area contributed by atoms with Gasteiger partial charge in [-0.15, -0.1) is 0 Å². The van der Waals surface area contributed by atoms with Gasteiger partial charge in [-0.1, -0.05) is 11.6 Å². The number of rotatable bonds is 3. The van der Waals surface area contributed by atoms with Crippen LogP contribution in [0.5, 0.6) is 0 Å². The van der Waals surface area contributed by atoms with Crippen molar-refractivity contribution in [2.45, 2.75) is 19.9 Å². The van der Waals surface area contributed by atoms with E-state index in [-0.39, 0.29) is 11.9 Å². The van der Waals surface area contributed by atoms with E-state index in [0.717, 1.165) is 14.8 Å². The summed E-state index contributed by atoms with van der Waals surface area (Å²) in [6.07, 6.45) is 1.78. The summed E-state index contributed by atoms with van der Waals surface area (Å²) < 4.78 is 2.72. The van der Waals surface area contributed by atoms with E-state index in [4.69, 9.17) is 11.6 Å². The Labute approximate surface area is 136 Å². The third-order valence-electron chi connectivity index (χ3n) is 3.27. The first-order valence-corrected chi connectivity index (χ1v) is 7.60. The summed E-state index contributed by atoms with van der Waals surface area (Å²) in [6, 6.07) is 5.18. The predicted octanol–water partition coefficient (Wildman–Crippen LogP) is 3.48. The Morgan fingerprint density at radius 3 is 2.75 bits per heavy atom. The van der Waals surface area contributed by atoms with Crippen LogP contribution in [0, 0.1) is 10.5 Å². The normalized spacial score (nSPS) is 12.2. The molecule has 0 radical (unpaired) electrons. The second-order valence-corrected chi connectivity index (χ2v) is 6.20. The largest absolute Gasteiger partial charge is 0.345 e. The molecule has 20 heavy (non-hydrogen) atoms. The quantitative estimate of drug-likeness (QED) is 0.798. The monoisotopic (exact) mass is 403 g/mol. The second kappa shape index (κ2) is 6.13. The van der Waals surface area contributed by atoms with Gasteiger partial charge in [0.05, 0.1) is 17.3 Å². The third-order valence-corrected chi connectivity index (χ3v) is 4.84. The molecule has 0 saturated carbocycles. The Balaban J connectivity index is 2.15. The van der Waals surface area contributed by atoms with E-state index in [1.807, 2.05) is 27.0 Å². The maximum atomic E-state index is 12.2. The van der Waals surface area contributed by atoms with Crippen LogP contribution in [0.15, 0.2) is 24.4 Å². The molecule has 1 heterocycles. The molecule has 106 valence electrons. The number of nitrogens with zero attached hydrogens (tertiary/aromatic N) is 2. The van der Waals surface area contributed by atoms with Crippen LogP contribution in [-0.2, 0) is 7.05 Å². The van der Waals surface area contributed by atoms with Crippen molar-refractivity contribution in [3.63, 3.8) is 0 Å². The van der Waals surface area contributed by atoms with Crippen molar-refractivity contribution >= 4 is 40.1 Å². The molecule has 0 aliphatic heterocycles. The van der Waals surface area contributed by atoms with E-state index in [0.29, 0.717) is 10.6 Å². The molecule has 4 nitrogen and oxygen atoms in total. The van der Waals surface area contributed by atoms with E-state index < -0.39 is 0 Å². The highest BCUT2D eigenvalue weighted by Crippen LogP contribution is 2.21. The van der Waals surface area contributed by atoms with E-state index in [1.165, 1.54) is 0 Å². The SMILES string of the molecule is Cc1c(C(C)NC(=O)c2ccc(I)c(Cl)c2)cnn1C. The minimum Gasteiger partial charge on any atom is -0.345 e. The molecule has 1 amide bonds. The summed E-state index contributed by atoms with van der Waals surface area (Å²) in [5.74, 6) is -0.140. The Kier molecular flexibility index (Phi) is 4.70. The van der Waals surface area contributed by atoms with E-state index in [1.54, 1.807) is 23.0 Å². The van der Waals surface area contributed by atoms with Crippen LogP contribution in [0.1, 0.15) is 34.6 Å². The molecule has 0 saturated heterocycles. The highest BCUT2D eigenvalue weighted by Gasteiger charge is 2.16. The van der Waals surface area contributed by atoms with Crippen LogP contribution in [0.4, 0.5) is 0 Å². The molecule has 1 aromatic heterocycles. The van der Waals surface area contributed by atoms with Gasteiger partial charge < -0.3 is 5.32 Å². The first-order valence-electron chi connectivity index (χ1n) is 6.14. The fourth-order valence-corrected chi connectivity index (χ4v) is 2.45. The number of nitrogens with one attached hydrogen (secondary N) is 1. The van der Waals surface area contributed by atoms with Crippen molar-refractivity contribution < 1.29 is 4.79 Å². The molecule has 1 unspecified atom stereocenters. The van der Waals surface area contributed by atoms with Crippen molar-refractivity contribution in [1.82, 2.24) is 15.1 Å². The number of hydrogen-bond donors (Lipinski definition) is 1. The lowest BCUT2D eigenvalue weighted by atomic mass is 10.1. The first-order chi connectivity index (χ1) is 9.40. The fourth-order valence-electron chi connectivity index (χ4n) is 1.94. The molecule has 6 heteroatoms. The summed E-state index contributed by atoms with van der Waals surface area (Å²) in [5.41, 5.74) is 2.61. The molecule has 0 spiro atoms. The van der Waals surface area contributed by atoms with Gasteiger partial charge in [0.1, 0.15) is 0 Å². The summed E-state index contributed by atoms with van der Waals surface area (Å²) >= 11 is 8.17. The molecule has 1 atom stereocenters. The van der Waals surface area contributed by atoms with E-state index >= 15 is 0 Å². The maximum absolute atomic E-state index is 12.2. The molecule has 2 rings (SSSR count). The third kappa shape index (κ3) is 3.15. The van der Waals surface area contributed by atoms with Gasteiger partial charge in [-0.2, -0.15) is 5.10 Å². The van der Waals surface area contributed by atoms with Gasteiger partial charge in [0, 0.05) is 27.4 Å². The standard InChI is InChI=1S/C14H15ClIN3O/c1-8(11-7-17-19(3)9(11)2)18-14(20)10-4-5-13(16)12(15)6-10/h4-8H,1-3H3,(H,18,20). The molecular weight excluding hydrogens is 389 g/mol. The molecule has 0 fully saturated rings. The Hall–Kier alpha value is -1.08. The smallest absolute Gasteiger partial charge is 0.251 e. The lowest BCUT2D eigenvalue weighted by molar-refractivity contribution is 0.0940. The van der Waals surface area contributed by atoms with Gasteiger partial charge in [-0.3, -0.25) is 9.48 Å². The highest BCUT2D eigenvalue weighted by atomic mass is 127. The summed E-state index contributed by atoms with van der Waals surface area (Å²) in [7, 11) is 1.88. The number of hydrogen-bond acceptors (Lipinski definition) is 2. The molecule has 2 aromatic rings. The summed E-state index contributed by atoms with van der Waals surface area (Å²) in [6.45, 7) is 3.92. The zero-order chi connectivity index (χ0) is 14.9. The molecule has 0 aliphatic rings. The average molecular weight is 404 g/mol.